The number of rotatable bonds is 8. The predicted octanol–water partition coefficient (Wildman–Crippen LogP) is 1.53. The summed E-state index contributed by atoms with van der Waals surface area (Å²) in [6, 6.07) is 5.34. The van der Waals surface area contributed by atoms with Gasteiger partial charge in [0.25, 0.3) is 5.91 Å². The lowest BCUT2D eigenvalue weighted by Gasteiger charge is -2.17. The Hall–Kier alpha value is -2.01. The summed E-state index contributed by atoms with van der Waals surface area (Å²) < 4.78 is 10.6. The number of anilines is 1. The number of nitrogens with one attached hydrogen (secondary N) is 1. The van der Waals surface area contributed by atoms with Crippen LogP contribution in [0.5, 0.6) is 5.75 Å². The fraction of sp³-hybridized carbons (Fsp3) is 0.400. The van der Waals surface area contributed by atoms with Gasteiger partial charge in [-0.05, 0) is 37.1 Å². The Morgan fingerprint density at radius 3 is 2.95 bits per heavy atom. The lowest BCUT2D eigenvalue weighted by molar-refractivity contribution is -0.127. The van der Waals surface area contributed by atoms with E-state index in [0.29, 0.717) is 31.0 Å². The molecule has 0 aliphatic rings. The largest absolute Gasteiger partial charge is 0.481 e. The molecule has 1 atom stereocenters. The molecular formula is C15H22N2O3. The number of amides is 1. The third kappa shape index (κ3) is 4.93. The molecule has 0 aliphatic heterocycles. The number of nitrogens with two attached hydrogens (primary N) is 1. The second-order valence-electron chi connectivity index (χ2n) is 4.40. The molecule has 5 heteroatoms. The van der Waals surface area contributed by atoms with Crippen LogP contribution in [0, 0.1) is 0 Å². The van der Waals surface area contributed by atoms with Crippen molar-refractivity contribution in [1.29, 1.82) is 0 Å². The fourth-order valence-corrected chi connectivity index (χ4v) is 1.69. The van der Waals surface area contributed by atoms with Gasteiger partial charge in [-0.25, -0.2) is 0 Å². The smallest absolute Gasteiger partial charge is 0.260 e. The minimum absolute atomic E-state index is 0.177. The lowest BCUT2D eigenvalue weighted by atomic mass is 10.1. The van der Waals surface area contributed by atoms with E-state index >= 15 is 0 Å². The van der Waals surface area contributed by atoms with Crippen molar-refractivity contribution in [3.8, 4) is 5.75 Å². The molecule has 0 saturated carbocycles. The van der Waals surface area contributed by atoms with Crippen LogP contribution in [-0.2, 0) is 16.0 Å². The summed E-state index contributed by atoms with van der Waals surface area (Å²) in [5.41, 5.74) is 7.32. The Balaban J connectivity index is 2.67. The molecule has 0 spiro atoms. The van der Waals surface area contributed by atoms with Gasteiger partial charge in [-0.1, -0.05) is 6.08 Å². The molecule has 1 amide bonds. The molecule has 0 saturated heterocycles. The molecule has 0 aliphatic carbocycles. The Bertz CT molecular complexity index is 460. The van der Waals surface area contributed by atoms with E-state index in [1.165, 1.54) is 0 Å². The van der Waals surface area contributed by atoms with Crippen molar-refractivity contribution in [1.82, 2.24) is 5.32 Å². The van der Waals surface area contributed by atoms with Crippen molar-refractivity contribution in [3.05, 3.63) is 36.4 Å². The zero-order chi connectivity index (χ0) is 15.0. The zero-order valence-electron chi connectivity index (χ0n) is 12.0. The topological polar surface area (TPSA) is 73.6 Å². The fourth-order valence-electron chi connectivity index (χ4n) is 1.69. The minimum Gasteiger partial charge on any atom is -0.481 e. The summed E-state index contributed by atoms with van der Waals surface area (Å²) in [6.45, 7) is 6.34. The van der Waals surface area contributed by atoms with E-state index in [1.807, 2.05) is 6.07 Å². The Morgan fingerprint density at radius 1 is 1.55 bits per heavy atom. The molecular weight excluding hydrogens is 256 g/mol. The number of hydrogen-bond acceptors (Lipinski definition) is 4. The highest BCUT2D eigenvalue weighted by molar-refractivity contribution is 5.80. The monoisotopic (exact) mass is 278 g/mol. The first-order valence-corrected chi connectivity index (χ1v) is 6.51. The lowest BCUT2D eigenvalue weighted by Crippen LogP contribution is -2.38. The quantitative estimate of drug-likeness (QED) is 0.429. The van der Waals surface area contributed by atoms with Gasteiger partial charge in [-0.15, -0.1) is 6.58 Å². The molecule has 1 aromatic rings. The second kappa shape index (κ2) is 8.22. The first kappa shape index (κ1) is 16.0. The highest BCUT2D eigenvalue weighted by Gasteiger charge is 2.15. The minimum atomic E-state index is -0.584. The van der Waals surface area contributed by atoms with Gasteiger partial charge in [0.15, 0.2) is 6.10 Å². The van der Waals surface area contributed by atoms with Gasteiger partial charge in [0.1, 0.15) is 5.75 Å². The molecule has 1 aromatic carbocycles. The maximum absolute atomic E-state index is 11.8. The molecule has 0 radical (unpaired) electrons. The molecule has 1 rings (SSSR count). The maximum atomic E-state index is 11.8. The molecule has 0 aromatic heterocycles. The number of nitrogen functional groups attached to an aromatic ring is 1. The van der Waals surface area contributed by atoms with Gasteiger partial charge in [0, 0.05) is 19.3 Å². The van der Waals surface area contributed by atoms with Crippen LogP contribution in [0.15, 0.2) is 30.9 Å². The number of methoxy groups -OCH3 is 1. The number of carbonyl (C=O) groups excluding carboxylic acids is 1. The predicted molar refractivity (Wildman–Crippen MR) is 79.7 cm³/mol. The normalized spacial score (nSPS) is 11.7. The van der Waals surface area contributed by atoms with Gasteiger partial charge in [-0.3, -0.25) is 4.79 Å². The van der Waals surface area contributed by atoms with Crippen molar-refractivity contribution < 1.29 is 14.3 Å². The van der Waals surface area contributed by atoms with Crippen LogP contribution in [-0.4, -0.2) is 32.3 Å². The molecule has 0 fully saturated rings. The molecule has 20 heavy (non-hydrogen) atoms. The third-order valence-corrected chi connectivity index (χ3v) is 2.73. The molecule has 5 nitrogen and oxygen atoms in total. The van der Waals surface area contributed by atoms with Gasteiger partial charge < -0.3 is 20.5 Å². The van der Waals surface area contributed by atoms with Crippen molar-refractivity contribution >= 4 is 11.6 Å². The number of carbonyl (C=O) groups is 1. The van der Waals surface area contributed by atoms with Crippen molar-refractivity contribution in [3.63, 3.8) is 0 Å². The second-order valence-corrected chi connectivity index (χ2v) is 4.40. The van der Waals surface area contributed by atoms with Crippen LogP contribution in [0.3, 0.4) is 0 Å². The summed E-state index contributed by atoms with van der Waals surface area (Å²) in [5.74, 6) is 0.469. The standard InChI is InChI=1S/C15H22N2O3/c1-4-5-12-10-13(16)6-7-14(12)20-11(2)15(18)17-8-9-19-3/h4,6-7,10-11H,1,5,8-9,16H2,2-3H3,(H,17,18). The first-order chi connectivity index (χ1) is 9.58. The number of benzene rings is 1. The van der Waals surface area contributed by atoms with E-state index in [0.717, 1.165) is 5.56 Å². The Morgan fingerprint density at radius 2 is 2.30 bits per heavy atom. The average molecular weight is 278 g/mol. The van der Waals surface area contributed by atoms with Gasteiger partial charge in [-0.2, -0.15) is 0 Å². The van der Waals surface area contributed by atoms with E-state index < -0.39 is 6.10 Å². The molecule has 0 bridgehead atoms. The van der Waals surface area contributed by atoms with E-state index in [9.17, 15) is 4.79 Å². The maximum Gasteiger partial charge on any atom is 0.260 e. The van der Waals surface area contributed by atoms with Crippen LogP contribution in [0.25, 0.3) is 0 Å². The van der Waals surface area contributed by atoms with Crippen molar-refractivity contribution in [2.24, 2.45) is 0 Å². The van der Waals surface area contributed by atoms with E-state index in [1.54, 1.807) is 32.2 Å². The van der Waals surface area contributed by atoms with E-state index in [4.69, 9.17) is 15.2 Å². The summed E-state index contributed by atoms with van der Waals surface area (Å²) in [4.78, 5) is 11.8. The van der Waals surface area contributed by atoms with Crippen molar-refractivity contribution in [2.75, 3.05) is 26.0 Å². The van der Waals surface area contributed by atoms with Crippen molar-refractivity contribution in [2.45, 2.75) is 19.4 Å². The molecule has 3 N–H and O–H groups in total. The molecule has 1 unspecified atom stereocenters. The third-order valence-electron chi connectivity index (χ3n) is 2.73. The summed E-state index contributed by atoms with van der Waals surface area (Å²) in [7, 11) is 1.59. The first-order valence-electron chi connectivity index (χ1n) is 6.51. The average Bonchev–Trinajstić information content (AvgIpc) is 2.42. The number of hydrogen-bond donors (Lipinski definition) is 2. The Labute approximate surface area is 119 Å². The van der Waals surface area contributed by atoms with E-state index in [-0.39, 0.29) is 5.91 Å². The van der Waals surface area contributed by atoms with Crippen LogP contribution in [0.4, 0.5) is 5.69 Å². The molecule has 110 valence electrons. The number of ether oxygens (including phenoxy) is 2. The summed E-state index contributed by atoms with van der Waals surface area (Å²) in [6.07, 6.45) is 1.82. The van der Waals surface area contributed by atoms with Gasteiger partial charge in [0.05, 0.1) is 6.61 Å². The van der Waals surface area contributed by atoms with Crippen LogP contribution in [0.2, 0.25) is 0 Å². The number of allylic oxidation sites excluding steroid dienone is 1. The zero-order valence-corrected chi connectivity index (χ0v) is 12.0. The van der Waals surface area contributed by atoms with Gasteiger partial charge >= 0.3 is 0 Å². The highest BCUT2D eigenvalue weighted by atomic mass is 16.5. The van der Waals surface area contributed by atoms with E-state index in [2.05, 4.69) is 11.9 Å². The van der Waals surface area contributed by atoms with Crippen LogP contribution >= 0.6 is 0 Å². The summed E-state index contributed by atoms with van der Waals surface area (Å²) >= 11 is 0. The van der Waals surface area contributed by atoms with Crippen LogP contribution in [0.1, 0.15) is 12.5 Å². The molecule has 0 heterocycles. The highest BCUT2D eigenvalue weighted by Crippen LogP contribution is 2.23. The summed E-state index contributed by atoms with van der Waals surface area (Å²) in [5, 5.41) is 2.73. The van der Waals surface area contributed by atoms with Crippen LogP contribution < -0.4 is 15.8 Å². The SMILES string of the molecule is C=CCc1cc(N)ccc1OC(C)C(=O)NCCOC. The van der Waals surface area contributed by atoms with Gasteiger partial charge in [0.2, 0.25) is 0 Å². The Kier molecular flexibility index (Phi) is 6.59.